The van der Waals surface area contributed by atoms with Gasteiger partial charge in [0.05, 0.1) is 12.1 Å². The topological polar surface area (TPSA) is 62.5 Å². The largest absolute Gasteiger partial charge is 0.406 e. The highest BCUT2D eigenvalue weighted by Crippen LogP contribution is 2.35. The molecule has 0 aliphatic carbocycles. The molecule has 0 radical (unpaired) electrons. The van der Waals surface area contributed by atoms with Crippen molar-refractivity contribution in [2.45, 2.75) is 50.9 Å². The van der Waals surface area contributed by atoms with Crippen molar-refractivity contribution in [3.8, 4) is 0 Å². The zero-order chi connectivity index (χ0) is 16.6. The number of aryl methyl sites for hydroxylation is 1. The lowest BCUT2D eigenvalue weighted by Gasteiger charge is -2.27. The molecule has 0 aromatic carbocycles. The van der Waals surface area contributed by atoms with Gasteiger partial charge in [0.2, 0.25) is 11.8 Å². The van der Waals surface area contributed by atoms with E-state index in [0.717, 1.165) is 17.7 Å². The van der Waals surface area contributed by atoms with Crippen molar-refractivity contribution in [1.29, 1.82) is 0 Å². The molecule has 1 amide bonds. The standard InChI is InChI=1S/C14H19F3N4O2/c1-2-11-18-12(19-23-11)9-4-3-6-21(9)10-5-7-20(13(10)22)8-14(15,16)17/h9-10H,2-8H2,1H3/t9-,10+/m1/s1. The summed E-state index contributed by atoms with van der Waals surface area (Å²) in [6, 6.07) is -0.674. The highest BCUT2D eigenvalue weighted by molar-refractivity contribution is 5.84. The molecular formula is C14H19F3N4O2. The molecule has 2 atom stereocenters. The van der Waals surface area contributed by atoms with E-state index in [4.69, 9.17) is 4.52 Å². The van der Waals surface area contributed by atoms with E-state index in [2.05, 4.69) is 10.1 Å². The Labute approximate surface area is 131 Å². The van der Waals surface area contributed by atoms with E-state index in [1.165, 1.54) is 0 Å². The Morgan fingerprint density at radius 2 is 2.04 bits per heavy atom. The predicted octanol–water partition coefficient (Wildman–Crippen LogP) is 1.93. The molecule has 23 heavy (non-hydrogen) atoms. The number of rotatable bonds is 4. The first-order valence-electron chi connectivity index (χ1n) is 7.83. The summed E-state index contributed by atoms with van der Waals surface area (Å²) in [6.07, 6.45) is -1.68. The molecule has 1 aromatic heterocycles. The van der Waals surface area contributed by atoms with Gasteiger partial charge in [0, 0.05) is 13.0 Å². The molecule has 128 valence electrons. The number of hydrogen-bond donors (Lipinski definition) is 0. The van der Waals surface area contributed by atoms with Crippen molar-refractivity contribution < 1.29 is 22.5 Å². The van der Waals surface area contributed by atoms with Gasteiger partial charge in [-0.15, -0.1) is 0 Å². The molecule has 0 spiro atoms. The number of alkyl halides is 3. The maximum Gasteiger partial charge on any atom is 0.406 e. The number of hydrogen-bond acceptors (Lipinski definition) is 5. The molecule has 1 aromatic rings. The van der Waals surface area contributed by atoms with Crippen molar-refractivity contribution >= 4 is 5.91 Å². The van der Waals surface area contributed by atoms with Gasteiger partial charge in [-0.05, 0) is 25.8 Å². The lowest BCUT2D eigenvalue weighted by Crippen LogP contribution is -2.43. The fourth-order valence-electron chi connectivity index (χ4n) is 3.39. The van der Waals surface area contributed by atoms with Gasteiger partial charge in [-0.2, -0.15) is 18.2 Å². The van der Waals surface area contributed by atoms with Crippen LogP contribution >= 0.6 is 0 Å². The quantitative estimate of drug-likeness (QED) is 0.843. The molecule has 0 unspecified atom stereocenters. The maximum atomic E-state index is 12.5. The minimum atomic E-state index is -4.36. The first-order chi connectivity index (χ1) is 10.9. The normalized spacial score (nSPS) is 26.4. The summed E-state index contributed by atoms with van der Waals surface area (Å²) in [5.74, 6) is 0.609. The van der Waals surface area contributed by atoms with Gasteiger partial charge in [-0.1, -0.05) is 12.1 Å². The van der Waals surface area contributed by atoms with Crippen LogP contribution < -0.4 is 0 Å². The van der Waals surface area contributed by atoms with Crippen LogP contribution in [-0.2, 0) is 11.2 Å². The zero-order valence-corrected chi connectivity index (χ0v) is 12.8. The van der Waals surface area contributed by atoms with E-state index >= 15 is 0 Å². The number of likely N-dealkylation sites (tertiary alicyclic amines) is 2. The fourth-order valence-corrected chi connectivity index (χ4v) is 3.39. The number of halogens is 3. The SMILES string of the molecule is CCc1nc([C@H]2CCCN2[C@H]2CCN(CC(F)(F)F)C2=O)no1. The van der Waals surface area contributed by atoms with Crippen molar-refractivity contribution in [3.05, 3.63) is 11.7 Å². The molecule has 2 saturated heterocycles. The smallest absolute Gasteiger partial charge is 0.339 e. The minimum absolute atomic E-state index is 0.138. The molecule has 3 rings (SSSR count). The second-order valence-electron chi connectivity index (χ2n) is 5.98. The third-order valence-electron chi connectivity index (χ3n) is 4.42. The number of carbonyl (C=O) groups excluding carboxylic acids is 1. The zero-order valence-electron chi connectivity index (χ0n) is 12.8. The molecule has 2 aliphatic rings. The van der Waals surface area contributed by atoms with Gasteiger partial charge in [0.25, 0.3) is 0 Å². The third kappa shape index (κ3) is 3.34. The molecular weight excluding hydrogens is 313 g/mol. The third-order valence-corrected chi connectivity index (χ3v) is 4.42. The van der Waals surface area contributed by atoms with E-state index in [1.807, 2.05) is 11.8 Å². The minimum Gasteiger partial charge on any atom is -0.339 e. The lowest BCUT2D eigenvalue weighted by atomic mass is 10.1. The van der Waals surface area contributed by atoms with Gasteiger partial charge >= 0.3 is 6.18 Å². The van der Waals surface area contributed by atoms with Crippen LogP contribution in [0, 0.1) is 0 Å². The van der Waals surface area contributed by atoms with Gasteiger partial charge in [0.1, 0.15) is 6.54 Å². The fraction of sp³-hybridized carbons (Fsp3) is 0.786. The lowest BCUT2D eigenvalue weighted by molar-refractivity contribution is -0.159. The van der Waals surface area contributed by atoms with Crippen molar-refractivity contribution in [2.75, 3.05) is 19.6 Å². The summed E-state index contributed by atoms with van der Waals surface area (Å²) in [5, 5.41) is 3.96. The monoisotopic (exact) mass is 332 g/mol. The Morgan fingerprint density at radius 3 is 2.70 bits per heavy atom. The Balaban J connectivity index is 1.72. The molecule has 9 heteroatoms. The van der Waals surface area contributed by atoms with Gasteiger partial charge in [-0.3, -0.25) is 9.69 Å². The molecule has 0 saturated carbocycles. The summed E-state index contributed by atoms with van der Waals surface area (Å²) in [5.41, 5.74) is 0. The van der Waals surface area contributed by atoms with Gasteiger partial charge in [0.15, 0.2) is 5.82 Å². The Bertz CT molecular complexity index is 575. The highest BCUT2D eigenvalue weighted by Gasteiger charge is 2.45. The summed E-state index contributed by atoms with van der Waals surface area (Å²) < 4.78 is 42.7. The number of carbonyl (C=O) groups is 1. The summed E-state index contributed by atoms with van der Waals surface area (Å²) in [7, 11) is 0. The Hall–Kier alpha value is -1.64. The molecule has 2 fully saturated rings. The Kier molecular flexibility index (Phi) is 4.31. The predicted molar refractivity (Wildman–Crippen MR) is 73.4 cm³/mol. The van der Waals surface area contributed by atoms with Crippen LogP contribution in [-0.4, -0.2) is 57.7 Å². The molecule has 0 bridgehead atoms. The average Bonchev–Trinajstić information content (AvgIpc) is 3.17. The first-order valence-corrected chi connectivity index (χ1v) is 7.83. The van der Waals surface area contributed by atoms with E-state index in [1.54, 1.807) is 0 Å². The van der Waals surface area contributed by atoms with Crippen molar-refractivity contribution in [2.24, 2.45) is 0 Å². The number of aromatic nitrogens is 2. The molecule has 6 nitrogen and oxygen atoms in total. The van der Waals surface area contributed by atoms with Crippen LogP contribution in [0.3, 0.4) is 0 Å². The summed E-state index contributed by atoms with van der Waals surface area (Å²) in [6.45, 7) is 1.53. The van der Waals surface area contributed by atoms with Crippen LogP contribution in [0.25, 0.3) is 0 Å². The molecule has 2 aliphatic heterocycles. The molecule has 3 heterocycles. The van der Waals surface area contributed by atoms with E-state index in [-0.39, 0.29) is 12.6 Å². The van der Waals surface area contributed by atoms with E-state index < -0.39 is 24.7 Å². The number of amides is 1. The van der Waals surface area contributed by atoms with Crippen LogP contribution in [0.1, 0.15) is 43.9 Å². The first kappa shape index (κ1) is 16.2. The number of nitrogens with zero attached hydrogens (tertiary/aromatic N) is 4. The Morgan fingerprint density at radius 1 is 1.26 bits per heavy atom. The second kappa shape index (κ2) is 6.10. The van der Waals surface area contributed by atoms with Crippen LogP contribution in [0.15, 0.2) is 4.52 Å². The second-order valence-corrected chi connectivity index (χ2v) is 5.98. The summed E-state index contributed by atoms with van der Waals surface area (Å²) in [4.78, 5) is 19.5. The van der Waals surface area contributed by atoms with Crippen LogP contribution in [0.2, 0.25) is 0 Å². The van der Waals surface area contributed by atoms with Crippen molar-refractivity contribution in [1.82, 2.24) is 19.9 Å². The van der Waals surface area contributed by atoms with Gasteiger partial charge < -0.3 is 9.42 Å². The van der Waals surface area contributed by atoms with Crippen LogP contribution in [0.4, 0.5) is 13.2 Å². The average molecular weight is 332 g/mol. The molecule has 0 N–H and O–H groups in total. The summed E-state index contributed by atoms with van der Waals surface area (Å²) >= 11 is 0. The van der Waals surface area contributed by atoms with E-state index in [0.29, 0.717) is 31.1 Å². The highest BCUT2D eigenvalue weighted by atomic mass is 19.4. The van der Waals surface area contributed by atoms with Crippen molar-refractivity contribution in [3.63, 3.8) is 0 Å². The maximum absolute atomic E-state index is 12.5. The van der Waals surface area contributed by atoms with Crippen LogP contribution in [0.5, 0.6) is 0 Å². The van der Waals surface area contributed by atoms with Gasteiger partial charge in [-0.25, -0.2) is 0 Å². The van der Waals surface area contributed by atoms with E-state index in [9.17, 15) is 18.0 Å².